The summed E-state index contributed by atoms with van der Waals surface area (Å²) >= 11 is 6.00. The number of unbranched alkanes of at least 4 members (excludes halogenated alkanes) is 3. The number of imide groups is 2. The number of urea groups is 1. The third kappa shape index (κ3) is 6.14. The summed E-state index contributed by atoms with van der Waals surface area (Å²) in [7, 11) is 0. The van der Waals surface area contributed by atoms with E-state index in [2.05, 4.69) is 12.2 Å². The van der Waals surface area contributed by atoms with Gasteiger partial charge in [0.15, 0.2) is 11.5 Å². The lowest BCUT2D eigenvalue weighted by molar-refractivity contribution is -0.122. The number of barbiturate groups is 1. The maximum absolute atomic E-state index is 13.0. The van der Waals surface area contributed by atoms with Gasteiger partial charge < -0.3 is 9.47 Å². The summed E-state index contributed by atoms with van der Waals surface area (Å²) in [6.45, 7) is 5.03. The van der Waals surface area contributed by atoms with E-state index in [9.17, 15) is 14.4 Å². The van der Waals surface area contributed by atoms with Crippen molar-refractivity contribution in [1.82, 2.24) is 5.32 Å². The Morgan fingerprint density at radius 3 is 2.52 bits per heavy atom. The predicted octanol–water partition coefficient (Wildman–Crippen LogP) is 5.36. The van der Waals surface area contributed by atoms with Crippen LogP contribution in [-0.4, -0.2) is 31.1 Å². The zero-order valence-electron chi connectivity index (χ0n) is 18.7. The molecule has 0 aromatic heterocycles. The zero-order valence-corrected chi connectivity index (χ0v) is 19.5. The molecule has 4 amide bonds. The number of amides is 4. The molecule has 3 rings (SSSR count). The minimum absolute atomic E-state index is 0.176. The van der Waals surface area contributed by atoms with E-state index in [0.29, 0.717) is 35.3 Å². The van der Waals surface area contributed by atoms with Crippen molar-refractivity contribution in [2.45, 2.75) is 39.5 Å². The Morgan fingerprint density at radius 2 is 1.79 bits per heavy atom. The quantitative estimate of drug-likeness (QED) is 0.287. The average Bonchev–Trinajstić information content (AvgIpc) is 2.78. The molecular weight excluding hydrogens is 444 g/mol. The van der Waals surface area contributed by atoms with Gasteiger partial charge in [-0.05, 0) is 55.3 Å². The normalized spacial score (nSPS) is 15.1. The molecule has 0 atom stereocenters. The fourth-order valence-electron chi connectivity index (χ4n) is 3.39. The molecule has 0 unspecified atom stereocenters. The molecule has 1 aliphatic heterocycles. The molecule has 33 heavy (non-hydrogen) atoms. The predicted molar refractivity (Wildman–Crippen MR) is 128 cm³/mol. The molecule has 1 heterocycles. The molecule has 1 N–H and O–H groups in total. The fraction of sp³-hybridized carbons (Fsp3) is 0.320. The van der Waals surface area contributed by atoms with Crippen molar-refractivity contribution in [3.8, 4) is 11.5 Å². The van der Waals surface area contributed by atoms with Gasteiger partial charge in [-0.2, -0.15) is 0 Å². The second-order valence-electron chi connectivity index (χ2n) is 7.49. The van der Waals surface area contributed by atoms with E-state index in [0.717, 1.165) is 24.2 Å². The Kier molecular flexibility index (Phi) is 8.49. The highest BCUT2D eigenvalue weighted by Gasteiger charge is 2.36. The van der Waals surface area contributed by atoms with Gasteiger partial charge in [0.05, 0.1) is 18.9 Å². The smallest absolute Gasteiger partial charge is 0.335 e. The van der Waals surface area contributed by atoms with Crippen molar-refractivity contribution in [3.05, 3.63) is 58.6 Å². The molecule has 1 saturated heterocycles. The number of hydrogen-bond donors (Lipinski definition) is 1. The van der Waals surface area contributed by atoms with Crippen molar-refractivity contribution in [1.29, 1.82) is 0 Å². The van der Waals surface area contributed by atoms with Gasteiger partial charge in [0.1, 0.15) is 5.57 Å². The highest BCUT2D eigenvalue weighted by Crippen LogP contribution is 2.31. The summed E-state index contributed by atoms with van der Waals surface area (Å²) in [5.74, 6) is -0.378. The lowest BCUT2D eigenvalue weighted by Gasteiger charge is -2.26. The Hall–Kier alpha value is -3.32. The van der Waals surface area contributed by atoms with E-state index in [-0.39, 0.29) is 11.3 Å². The molecule has 2 aromatic carbocycles. The fourth-order valence-corrected chi connectivity index (χ4v) is 3.57. The molecule has 2 aromatic rings. The van der Waals surface area contributed by atoms with Crippen molar-refractivity contribution in [3.63, 3.8) is 0 Å². The molecule has 8 heteroatoms. The lowest BCUT2D eigenvalue weighted by Crippen LogP contribution is -2.54. The van der Waals surface area contributed by atoms with Crippen molar-refractivity contribution in [2.24, 2.45) is 0 Å². The van der Waals surface area contributed by atoms with Crippen LogP contribution in [0, 0.1) is 0 Å². The van der Waals surface area contributed by atoms with Crippen LogP contribution in [0.4, 0.5) is 10.5 Å². The molecule has 0 radical (unpaired) electrons. The summed E-state index contributed by atoms with van der Waals surface area (Å²) in [6, 6.07) is 10.7. The summed E-state index contributed by atoms with van der Waals surface area (Å²) in [6.07, 6.45) is 5.80. The summed E-state index contributed by atoms with van der Waals surface area (Å²) in [4.78, 5) is 38.7. The van der Waals surface area contributed by atoms with Crippen LogP contribution in [0.15, 0.2) is 48.0 Å². The van der Waals surface area contributed by atoms with Gasteiger partial charge in [-0.25, -0.2) is 9.69 Å². The highest BCUT2D eigenvalue weighted by atomic mass is 35.5. The Labute approximate surface area is 198 Å². The first kappa shape index (κ1) is 24.3. The standard InChI is InChI=1S/C25H27ClN2O5/c1-3-5-6-7-13-33-21-12-11-17(15-22(21)32-4-2)14-20-23(29)27-25(31)28(24(20)30)19-10-8-9-18(26)16-19/h8-12,14-16H,3-7,13H2,1-2H3,(H,27,29,31)/b20-14+. The maximum Gasteiger partial charge on any atom is 0.335 e. The van der Waals surface area contributed by atoms with Crippen molar-refractivity contribution >= 4 is 41.2 Å². The number of ether oxygens (including phenoxy) is 2. The minimum Gasteiger partial charge on any atom is -0.490 e. The zero-order chi connectivity index (χ0) is 23.8. The van der Waals surface area contributed by atoms with Gasteiger partial charge in [-0.1, -0.05) is 49.9 Å². The van der Waals surface area contributed by atoms with Crippen molar-refractivity contribution < 1.29 is 23.9 Å². The molecule has 1 aliphatic rings. The molecule has 174 valence electrons. The number of benzene rings is 2. The van der Waals surface area contributed by atoms with Crippen LogP contribution in [0.1, 0.15) is 45.1 Å². The first-order chi connectivity index (χ1) is 15.9. The number of nitrogens with zero attached hydrogens (tertiary/aromatic N) is 1. The van der Waals surface area contributed by atoms with Crippen LogP contribution < -0.4 is 19.7 Å². The number of halogens is 1. The number of carbonyl (C=O) groups is 3. The van der Waals surface area contributed by atoms with Crippen LogP contribution in [0.3, 0.4) is 0 Å². The molecule has 1 fully saturated rings. The summed E-state index contributed by atoms with van der Waals surface area (Å²) in [5, 5.41) is 2.57. The number of hydrogen-bond acceptors (Lipinski definition) is 5. The van der Waals surface area contributed by atoms with Gasteiger partial charge in [0, 0.05) is 5.02 Å². The van der Waals surface area contributed by atoms with Crippen LogP contribution >= 0.6 is 11.6 Å². The Balaban J connectivity index is 1.85. The van der Waals surface area contributed by atoms with Gasteiger partial charge in [0.25, 0.3) is 11.8 Å². The average molecular weight is 471 g/mol. The van der Waals surface area contributed by atoms with E-state index in [1.54, 1.807) is 36.4 Å². The number of anilines is 1. The summed E-state index contributed by atoms with van der Waals surface area (Å²) < 4.78 is 11.6. The second-order valence-corrected chi connectivity index (χ2v) is 7.92. The number of carbonyl (C=O) groups excluding carboxylic acids is 3. The van der Waals surface area contributed by atoms with E-state index in [1.807, 2.05) is 6.92 Å². The SMILES string of the molecule is CCCCCCOc1ccc(/C=C2\C(=O)NC(=O)N(c3cccc(Cl)c3)C2=O)cc1OCC. The van der Waals surface area contributed by atoms with E-state index in [1.165, 1.54) is 18.6 Å². The summed E-state index contributed by atoms with van der Waals surface area (Å²) in [5.41, 5.74) is 0.658. The Morgan fingerprint density at radius 1 is 0.970 bits per heavy atom. The lowest BCUT2D eigenvalue weighted by atomic mass is 10.1. The van der Waals surface area contributed by atoms with Crippen LogP contribution in [0.5, 0.6) is 11.5 Å². The van der Waals surface area contributed by atoms with Gasteiger partial charge in [0.2, 0.25) is 0 Å². The van der Waals surface area contributed by atoms with Gasteiger partial charge in [-0.3, -0.25) is 14.9 Å². The number of rotatable bonds is 10. The molecule has 0 saturated carbocycles. The Bertz CT molecular complexity index is 1070. The largest absolute Gasteiger partial charge is 0.490 e. The third-order valence-corrected chi connectivity index (χ3v) is 5.24. The van der Waals surface area contributed by atoms with Gasteiger partial charge >= 0.3 is 6.03 Å². The third-order valence-electron chi connectivity index (χ3n) is 5.00. The van der Waals surface area contributed by atoms with Crippen LogP contribution in [-0.2, 0) is 9.59 Å². The topological polar surface area (TPSA) is 84.9 Å². The second kappa shape index (κ2) is 11.5. The number of nitrogens with one attached hydrogen (secondary N) is 1. The van der Waals surface area contributed by atoms with Crippen molar-refractivity contribution in [2.75, 3.05) is 18.1 Å². The van der Waals surface area contributed by atoms with E-state index < -0.39 is 17.8 Å². The molecule has 0 aliphatic carbocycles. The first-order valence-electron chi connectivity index (χ1n) is 11.0. The molecule has 7 nitrogen and oxygen atoms in total. The molecular formula is C25H27ClN2O5. The van der Waals surface area contributed by atoms with Gasteiger partial charge in [-0.15, -0.1) is 0 Å². The van der Waals surface area contributed by atoms with Crippen LogP contribution in [0.25, 0.3) is 6.08 Å². The monoisotopic (exact) mass is 470 g/mol. The van der Waals surface area contributed by atoms with E-state index >= 15 is 0 Å². The first-order valence-corrected chi connectivity index (χ1v) is 11.4. The highest BCUT2D eigenvalue weighted by molar-refractivity contribution is 6.39. The molecule has 0 bridgehead atoms. The van der Waals surface area contributed by atoms with Crippen LogP contribution in [0.2, 0.25) is 5.02 Å². The van der Waals surface area contributed by atoms with E-state index in [4.69, 9.17) is 21.1 Å². The molecule has 0 spiro atoms. The maximum atomic E-state index is 13.0. The minimum atomic E-state index is -0.828.